The van der Waals surface area contributed by atoms with Crippen molar-refractivity contribution in [3.8, 4) is 6.07 Å². The third kappa shape index (κ3) is 6.36. The first-order chi connectivity index (χ1) is 16.9. The second kappa shape index (κ2) is 11.2. The van der Waals surface area contributed by atoms with E-state index in [-0.39, 0.29) is 24.1 Å². The first-order valence-electron chi connectivity index (χ1n) is 12.7. The van der Waals surface area contributed by atoms with E-state index in [1.165, 1.54) is 0 Å². The van der Waals surface area contributed by atoms with Crippen molar-refractivity contribution in [2.75, 3.05) is 13.2 Å². The molecule has 2 unspecified atom stereocenters. The number of nitriles is 1. The smallest absolute Gasteiger partial charge is 0.410 e. The topological polar surface area (TPSA) is 82.8 Å². The van der Waals surface area contributed by atoms with Gasteiger partial charge in [-0.15, -0.1) is 0 Å². The summed E-state index contributed by atoms with van der Waals surface area (Å²) in [5.41, 5.74) is -0.674. The van der Waals surface area contributed by atoms with Gasteiger partial charge in [0.2, 0.25) is 0 Å². The average molecular weight is 509 g/mol. The lowest BCUT2D eigenvalue weighted by Crippen LogP contribution is -2.67. The van der Waals surface area contributed by atoms with Crippen LogP contribution in [0.2, 0.25) is 5.04 Å². The number of carbonyl (C=O) groups is 1. The van der Waals surface area contributed by atoms with Crippen LogP contribution in [0.1, 0.15) is 54.4 Å². The van der Waals surface area contributed by atoms with Crippen molar-refractivity contribution in [2.24, 2.45) is 5.92 Å². The highest BCUT2D eigenvalue weighted by Crippen LogP contribution is 2.37. The number of benzene rings is 2. The molecular weight excluding hydrogens is 468 g/mol. The van der Waals surface area contributed by atoms with E-state index in [9.17, 15) is 15.2 Å². The van der Waals surface area contributed by atoms with Crippen LogP contribution in [0.25, 0.3) is 0 Å². The van der Waals surface area contributed by atoms with Crippen molar-refractivity contribution in [3.63, 3.8) is 0 Å². The molecule has 3 atom stereocenters. The Morgan fingerprint density at radius 3 is 1.97 bits per heavy atom. The highest BCUT2D eigenvalue weighted by Gasteiger charge is 2.51. The molecule has 1 heterocycles. The zero-order valence-electron chi connectivity index (χ0n) is 22.4. The van der Waals surface area contributed by atoms with Crippen molar-refractivity contribution < 1.29 is 19.1 Å². The van der Waals surface area contributed by atoms with Gasteiger partial charge in [-0.3, -0.25) is 0 Å². The fourth-order valence-corrected chi connectivity index (χ4v) is 9.72. The molecule has 3 rings (SSSR count). The van der Waals surface area contributed by atoms with Crippen LogP contribution in [0.5, 0.6) is 0 Å². The Balaban J connectivity index is 2.05. The summed E-state index contributed by atoms with van der Waals surface area (Å²) in [7, 11) is -2.83. The van der Waals surface area contributed by atoms with Gasteiger partial charge < -0.3 is 19.2 Å². The van der Waals surface area contributed by atoms with E-state index < -0.39 is 32.2 Å². The van der Waals surface area contributed by atoms with E-state index >= 15 is 0 Å². The van der Waals surface area contributed by atoms with E-state index in [2.05, 4.69) is 51.1 Å². The molecule has 1 N–H and O–H groups in total. The van der Waals surface area contributed by atoms with Crippen LogP contribution in [0.4, 0.5) is 4.79 Å². The molecule has 0 aromatic heterocycles. The van der Waals surface area contributed by atoms with E-state index in [0.29, 0.717) is 12.8 Å². The summed E-state index contributed by atoms with van der Waals surface area (Å²) < 4.78 is 12.8. The lowest BCUT2D eigenvalue weighted by molar-refractivity contribution is 0.00169. The van der Waals surface area contributed by atoms with Gasteiger partial charge in [0.1, 0.15) is 5.60 Å². The number of rotatable bonds is 5. The fraction of sp³-hybridized carbons (Fsp3) is 0.517. The summed E-state index contributed by atoms with van der Waals surface area (Å²) in [6.45, 7) is 12.5. The molecule has 2 aromatic carbocycles. The number of hydrogen-bond donors (Lipinski definition) is 1. The van der Waals surface area contributed by atoms with Gasteiger partial charge in [0, 0.05) is 0 Å². The predicted molar refractivity (Wildman–Crippen MR) is 145 cm³/mol. The molecule has 1 saturated heterocycles. The van der Waals surface area contributed by atoms with Gasteiger partial charge in [-0.05, 0) is 49.0 Å². The first-order valence-corrected chi connectivity index (χ1v) is 14.6. The summed E-state index contributed by atoms with van der Waals surface area (Å²) in [5, 5.41) is 22.4. The summed E-state index contributed by atoms with van der Waals surface area (Å²) >= 11 is 0. The number of aliphatic hydroxyl groups excluding tert-OH is 1. The van der Waals surface area contributed by atoms with Crippen LogP contribution in [0.15, 0.2) is 60.7 Å². The van der Waals surface area contributed by atoms with Crippen LogP contribution >= 0.6 is 0 Å². The van der Waals surface area contributed by atoms with Crippen LogP contribution in [-0.2, 0) is 9.16 Å². The van der Waals surface area contributed by atoms with Crippen molar-refractivity contribution in [3.05, 3.63) is 60.7 Å². The molecule has 6 nitrogen and oxygen atoms in total. The number of amides is 1. The maximum atomic E-state index is 13.2. The number of likely N-dealkylation sites (tertiary alicyclic amines) is 1. The molecule has 36 heavy (non-hydrogen) atoms. The predicted octanol–water partition coefficient (Wildman–Crippen LogP) is 4.46. The molecule has 0 bridgehead atoms. The van der Waals surface area contributed by atoms with E-state index in [1.807, 2.05) is 57.2 Å². The monoisotopic (exact) mass is 508 g/mol. The molecule has 0 saturated carbocycles. The van der Waals surface area contributed by atoms with E-state index in [0.717, 1.165) is 10.4 Å². The third-order valence-electron chi connectivity index (χ3n) is 6.68. The second-order valence-corrected chi connectivity index (χ2v) is 16.0. The van der Waals surface area contributed by atoms with Crippen LogP contribution in [-0.4, -0.2) is 55.3 Å². The standard InChI is InChI=1S/C29H40N2O4Si/c1-28(2,3)35-27(33)31-20-24(32)18-22(19-30)17-23(31)21-34-36(29(4,5)6,25-13-9-7-10-14-25)26-15-11-8-12-16-26/h7-16,22-24,32H,17-18,20-21H2,1-6H3/t22?,23-,24?/m0/s1. The minimum Gasteiger partial charge on any atom is -0.444 e. The van der Waals surface area contributed by atoms with Gasteiger partial charge in [-0.2, -0.15) is 5.26 Å². The molecule has 0 spiro atoms. The summed E-state index contributed by atoms with van der Waals surface area (Å²) in [6, 6.07) is 22.6. The molecule has 0 radical (unpaired) electrons. The number of carbonyl (C=O) groups excluding carboxylic acids is 1. The Kier molecular flexibility index (Phi) is 8.66. The molecule has 1 aliphatic rings. The molecular formula is C29H40N2O4Si. The highest BCUT2D eigenvalue weighted by molar-refractivity contribution is 6.99. The highest BCUT2D eigenvalue weighted by atomic mass is 28.4. The molecule has 0 aliphatic carbocycles. The molecule has 1 aliphatic heterocycles. The van der Waals surface area contributed by atoms with Crippen LogP contribution in [0, 0.1) is 17.2 Å². The Morgan fingerprint density at radius 2 is 1.53 bits per heavy atom. The maximum absolute atomic E-state index is 13.2. The van der Waals surface area contributed by atoms with Crippen molar-refractivity contribution >= 4 is 24.8 Å². The normalized spacial score (nSPS) is 21.4. The van der Waals surface area contributed by atoms with Gasteiger partial charge in [0.25, 0.3) is 8.32 Å². The van der Waals surface area contributed by atoms with E-state index in [4.69, 9.17) is 9.16 Å². The van der Waals surface area contributed by atoms with Crippen LogP contribution in [0.3, 0.4) is 0 Å². The lowest BCUT2D eigenvalue weighted by atomic mass is 9.98. The minimum atomic E-state index is -2.83. The maximum Gasteiger partial charge on any atom is 0.410 e. The van der Waals surface area contributed by atoms with Gasteiger partial charge in [0.05, 0.1) is 37.3 Å². The molecule has 1 fully saturated rings. The zero-order chi connectivity index (χ0) is 26.6. The van der Waals surface area contributed by atoms with Gasteiger partial charge in [0.15, 0.2) is 0 Å². The van der Waals surface area contributed by atoms with Crippen molar-refractivity contribution in [2.45, 2.75) is 77.2 Å². The quantitative estimate of drug-likeness (QED) is 0.603. The number of aliphatic hydroxyl groups is 1. The third-order valence-corrected chi connectivity index (χ3v) is 11.7. The largest absolute Gasteiger partial charge is 0.444 e. The summed E-state index contributed by atoms with van der Waals surface area (Å²) in [5.74, 6) is -0.375. The summed E-state index contributed by atoms with van der Waals surface area (Å²) in [4.78, 5) is 14.8. The SMILES string of the molecule is CC(C)(C)OC(=O)N1CC(O)CC(C#N)C[C@H]1CO[Si](c1ccccc1)(c1ccccc1)C(C)(C)C. The Bertz CT molecular complexity index is 1000. The molecule has 194 valence electrons. The van der Waals surface area contributed by atoms with Gasteiger partial charge >= 0.3 is 6.09 Å². The number of ether oxygens (including phenoxy) is 1. The van der Waals surface area contributed by atoms with Crippen molar-refractivity contribution in [1.29, 1.82) is 5.26 Å². The number of β-amino-alcohol motifs (C(OH)–C–C–N with tert-alkyl or cyclic N) is 1. The molecule has 2 aromatic rings. The Labute approximate surface area is 217 Å². The lowest BCUT2D eigenvalue weighted by Gasteiger charge is -2.44. The molecule has 1 amide bonds. The van der Waals surface area contributed by atoms with Gasteiger partial charge in [-0.25, -0.2) is 4.79 Å². The number of hydrogen-bond acceptors (Lipinski definition) is 5. The minimum absolute atomic E-state index is 0.113. The zero-order valence-corrected chi connectivity index (χ0v) is 23.4. The number of nitrogens with zero attached hydrogens (tertiary/aromatic N) is 2. The average Bonchev–Trinajstić information content (AvgIpc) is 2.97. The fourth-order valence-electron chi connectivity index (χ4n) is 5.12. The van der Waals surface area contributed by atoms with Crippen LogP contribution < -0.4 is 10.4 Å². The Hall–Kier alpha value is -2.66. The van der Waals surface area contributed by atoms with E-state index in [1.54, 1.807) is 4.90 Å². The first kappa shape index (κ1) is 27.9. The van der Waals surface area contributed by atoms with Crippen molar-refractivity contribution in [1.82, 2.24) is 4.90 Å². The Morgan fingerprint density at radius 1 is 1.00 bits per heavy atom. The van der Waals surface area contributed by atoms with Gasteiger partial charge in [-0.1, -0.05) is 81.4 Å². The molecule has 7 heteroatoms. The second-order valence-electron chi connectivity index (χ2n) is 11.7. The summed E-state index contributed by atoms with van der Waals surface area (Å²) in [6.07, 6.45) is -0.535.